The number of hydrogen-bond acceptors (Lipinski definition) is 6. The van der Waals surface area contributed by atoms with Crippen LogP contribution in [0.25, 0.3) is 5.69 Å². The molecule has 2 fully saturated rings. The van der Waals surface area contributed by atoms with Gasteiger partial charge in [0.05, 0.1) is 13.5 Å². The van der Waals surface area contributed by atoms with E-state index in [1.807, 2.05) is 28.9 Å². The van der Waals surface area contributed by atoms with E-state index in [9.17, 15) is 4.79 Å². The van der Waals surface area contributed by atoms with Gasteiger partial charge in [-0.15, -0.1) is 0 Å². The molecule has 2 aliphatic rings. The van der Waals surface area contributed by atoms with Crippen LogP contribution in [0.3, 0.4) is 0 Å². The standard InChI is InChI=1S/C21H29N5O3/c1-28-18-7-3-2-6-17(18)26-21(23-20(24-26)13-19(22)27)15-5-4-10-25(14-15)16-8-11-29-12-9-16/h2-3,6-7,15-16H,4-5,8-14H2,1H3,(H2,22,27). The van der Waals surface area contributed by atoms with E-state index in [-0.39, 0.29) is 12.3 Å². The summed E-state index contributed by atoms with van der Waals surface area (Å²) in [4.78, 5) is 18.8. The molecule has 0 aliphatic carbocycles. The molecule has 8 heteroatoms. The molecule has 3 heterocycles. The number of nitrogens with zero attached hydrogens (tertiary/aromatic N) is 4. The number of piperidine rings is 1. The number of amides is 1. The highest BCUT2D eigenvalue weighted by Gasteiger charge is 2.31. The van der Waals surface area contributed by atoms with Gasteiger partial charge in [0.25, 0.3) is 0 Å². The summed E-state index contributed by atoms with van der Waals surface area (Å²) in [6.07, 6.45) is 4.36. The first-order valence-corrected chi connectivity index (χ1v) is 10.3. The third-order valence-electron chi connectivity index (χ3n) is 5.85. The zero-order chi connectivity index (χ0) is 20.2. The lowest BCUT2D eigenvalue weighted by Gasteiger charge is -2.39. The predicted octanol–water partition coefficient (Wildman–Crippen LogP) is 1.66. The van der Waals surface area contributed by atoms with Crippen molar-refractivity contribution in [2.75, 3.05) is 33.4 Å². The van der Waals surface area contributed by atoms with E-state index in [1.165, 1.54) is 0 Å². The smallest absolute Gasteiger partial charge is 0.225 e. The SMILES string of the molecule is COc1ccccc1-n1nc(CC(N)=O)nc1C1CCCN(C2CCOCC2)C1. The Morgan fingerprint density at radius 3 is 2.83 bits per heavy atom. The maximum atomic E-state index is 11.5. The Bertz CT molecular complexity index is 847. The van der Waals surface area contributed by atoms with Gasteiger partial charge in [0.1, 0.15) is 17.3 Å². The van der Waals surface area contributed by atoms with Crippen LogP contribution in [0.5, 0.6) is 5.75 Å². The van der Waals surface area contributed by atoms with E-state index in [0.717, 1.165) is 69.2 Å². The molecule has 2 saturated heterocycles. The Hall–Kier alpha value is -2.45. The highest BCUT2D eigenvalue weighted by molar-refractivity contribution is 5.75. The van der Waals surface area contributed by atoms with Crippen molar-refractivity contribution < 1.29 is 14.3 Å². The Morgan fingerprint density at radius 2 is 2.07 bits per heavy atom. The quantitative estimate of drug-likeness (QED) is 0.794. The van der Waals surface area contributed by atoms with Crippen molar-refractivity contribution in [2.24, 2.45) is 5.73 Å². The first kappa shape index (κ1) is 19.8. The fourth-order valence-corrected chi connectivity index (χ4v) is 4.44. The van der Waals surface area contributed by atoms with Gasteiger partial charge in [-0.25, -0.2) is 9.67 Å². The van der Waals surface area contributed by atoms with Gasteiger partial charge in [0, 0.05) is 31.7 Å². The normalized spacial score (nSPS) is 21.2. The Morgan fingerprint density at radius 1 is 1.28 bits per heavy atom. The fraction of sp³-hybridized carbons (Fsp3) is 0.571. The molecule has 8 nitrogen and oxygen atoms in total. The second-order valence-electron chi connectivity index (χ2n) is 7.79. The van der Waals surface area contributed by atoms with Crippen molar-refractivity contribution in [1.82, 2.24) is 19.7 Å². The van der Waals surface area contributed by atoms with Crippen molar-refractivity contribution in [3.05, 3.63) is 35.9 Å². The van der Waals surface area contributed by atoms with E-state index in [2.05, 4.69) is 10.00 Å². The predicted molar refractivity (Wildman–Crippen MR) is 108 cm³/mol. The number of carbonyl (C=O) groups excluding carboxylic acids is 1. The molecule has 1 unspecified atom stereocenters. The van der Waals surface area contributed by atoms with Crippen LogP contribution in [0.15, 0.2) is 24.3 Å². The van der Waals surface area contributed by atoms with E-state index in [4.69, 9.17) is 20.2 Å². The number of ether oxygens (including phenoxy) is 2. The third-order valence-corrected chi connectivity index (χ3v) is 5.85. The maximum absolute atomic E-state index is 11.5. The van der Waals surface area contributed by atoms with Crippen molar-refractivity contribution in [3.63, 3.8) is 0 Å². The molecule has 1 atom stereocenters. The van der Waals surface area contributed by atoms with E-state index in [1.54, 1.807) is 7.11 Å². The number of likely N-dealkylation sites (tertiary alicyclic amines) is 1. The number of benzene rings is 1. The average Bonchev–Trinajstić information content (AvgIpc) is 3.17. The summed E-state index contributed by atoms with van der Waals surface area (Å²) in [6, 6.07) is 8.32. The molecule has 2 aliphatic heterocycles. The van der Waals surface area contributed by atoms with Crippen LogP contribution in [0.4, 0.5) is 0 Å². The van der Waals surface area contributed by atoms with Crippen molar-refractivity contribution in [1.29, 1.82) is 0 Å². The summed E-state index contributed by atoms with van der Waals surface area (Å²) in [5.41, 5.74) is 6.23. The minimum absolute atomic E-state index is 0.0333. The molecular weight excluding hydrogens is 370 g/mol. The molecule has 1 aromatic carbocycles. The lowest BCUT2D eigenvalue weighted by atomic mass is 9.94. The van der Waals surface area contributed by atoms with Crippen LogP contribution < -0.4 is 10.5 Å². The average molecular weight is 399 g/mol. The summed E-state index contributed by atoms with van der Waals surface area (Å²) in [6.45, 7) is 3.73. The van der Waals surface area contributed by atoms with Gasteiger partial charge in [-0.1, -0.05) is 12.1 Å². The highest BCUT2D eigenvalue weighted by Crippen LogP contribution is 2.32. The molecule has 156 valence electrons. The summed E-state index contributed by atoms with van der Waals surface area (Å²) in [7, 11) is 1.65. The molecule has 2 aromatic rings. The molecule has 0 bridgehead atoms. The molecular formula is C21H29N5O3. The highest BCUT2D eigenvalue weighted by atomic mass is 16.5. The van der Waals surface area contributed by atoms with Gasteiger partial charge in [-0.3, -0.25) is 9.69 Å². The molecule has 1 aromatic heterocycles. The van der Waals surface area contributed by atoms with Gasteiger partial charge in [-0.05, 0) is 44.4 Å². The first-order valence-electron chi connectivity index (χ1n) is 10.3. The Balaban J connectivity index is 1.66. The third kappa shape index (κ3) is 4.43. The van der Waals surface area contributed by atoms with Crippen LogP contribution >= 0.6 is 0 Å². The Kier molecular flexibility index (Phi) is 6.10. The van der Waals surface area contributed by atoms with Crippen LogP contribution in [-0.2, 0) is 16.0 Å². The lowest BCUT2D eigenvalue weighted by molar-refractivity contribution is -0.117. The molecule has 0 spiro atoms. The van der Waals surface area contributed by atoms with Gasteiger partial charge >= 0.3 is 0 Å². The van der Waals surface area contributed by atoms with E-state index < -0.39 is 5.91 Å². The van der Waals surface area contributed by atoms with Crippen LogP contribution in [0.2, 0.25) is 0 Å². The Labute approximate surface area is 171 Å². The molecule has 0 radical (unpaired) electrons. The van der Waals surface area contributed by atoms with Gasteiger partial charge in [-0.2, -0.15) is 5.10 Å². The molecule has 4 rings (SSSR count). The number of para-hydroxylation sites is 2. The summed E-state index contributed by atoms with van der Waals surface area (Å²) >= 11 is 0. The topological polar surface area (TPSA) is 95.5 Å². The number of carbonyl (C=O) groups is 1. The van der Waals surface area contributed by atoms with Crippen molar-refractivity contribution in [2.45, 2.75) is 44.1 Å². The van der Waals surface area contributed by atoms with Gasteiger partial charge in [0.15, 0.2) is 5.82 Å². The second-order valence-corrected chi connectivity index (χ2v) is 7.79. The zero-order valence-corrected chi connectivity index (χ0v) is 16.9. The minimum Gasteiger partial charge on any atom is -0.494 e. The zero-order valence-electron chi connectivity index (χ0n) is 16.9. The van der Waals surface area contributed by atoms with Gasteiger partial charge in [0.2, 0.25) is 5.91 Å². The largest absolute Gasteiger partial charge is 0.494 e. The lowest BCUT2D eigenvalue weighted by Crippen LogP contribution is -2.45. The number of primary amides is 1. The molecule has 0 saturated carbocycles. The fourth-order valence-electron chi connectivity index (χ4n) is 4.44. The van der Waals surface area contributed by atoms with Gasteiger partial charge < -0.3 is 15.2 Å². The number of aromatic nitrogens is 3. The second kappa shape index (κ2) is 8.92. The first-order chi connectivity index (χ1) is 14.2. The number of methoxy groups -OCH3 is 1. The van der Waals surface area contributed by atoms with Crippen LogP contribution in [-0.4, -0.2) is 65.0 Å². The summed E-state index contributed by atoms with van der Waals surface area (Å²) in [5.74, 6) is 1.87. The molecule has 1 amide bonds. The van der Waals surface area contributed by atoms with E-state index in [0.29, 0.717) is 11.9 Å². The number of nitrogens with two attached hydrogens (primary N) is 1. The van der Waals surface area contributed by atoms with Crippen molar-refractivity contribution in [3.8, 4) is 11.4 Å². The number of rotatable bonds is 6. The van der Waals surface area contributed by atoms with Crippen LogP contribution in [0, 0.1) is 0 Å². The number of hydrogen-bond donors (Lipinski definition) is 1. The van der Waals surface area contributed by atoms with Crippen LogP contribution in [0.1, 0.15) is 43.3 Å². The minimum atomic E-state index is -0.429. The molecule has 2 N–H and O–H groups in total. The summed E-state index contributed by atoms with van der Waals surface area (Å²) < 4.78 is 12.9. The molecule has 29 heavy (non-hydrogen) atoms. The van der Waals surface area contributed by atoms with Crippen molar-refractivity contribution >= 4 is 5.91 Å². The summed E-state index contributed by atoms with van der Waals surface area (Å²) in [5, 5.41) is 4.63. The maximum Gasteiger partial charge on any atom is 0.225 e. The monoisotopic (exact) mass is 399 g/mol. The van der Waals surface area contributed by atoms with E-state index >= 15 is 0 Å².